The molecule has 0 fully saturated rings. The van der Waals surface area contributed by atoms with E-state index in [-0.39, 0.29) is 18.2 Å². The normalized spacial score (nSPS) is 12.6. The van der Waals surface area contributed by atoms with Crippen LogP contribution in [0.15, 0.2) is 59.4 Å². The Labute approximate surface area is 147 Å². The van der Waals surface area contributed by atoms with Crippen LogP contribution in [0, 0.1) is 0 Å². The first-order valence-electron chi connectivity index (χ1n) is 8.42. The molecule has 3 aromatic rings. The van der Waals surface area contributed by atoms with Gasteiger partial charge in [0, 0.05) is 19.7 Å². The van der Waals surface area contributed by atoms with E-state index < -0.39 is 0 Å². The maximum Gasteiger partial charge on any atom is 0.261 e. The van der Waals surface area contributed by atoms with E-state index in [0.717, 1.165) is 5.56 Å². The van der Waals surface area contributed by atoms with Crippen LogP contribution in [0.5, 0.6) is 0 Å². The van der Waals surface area contributed by atoms with Crippen LogP contribution in [0.3, 0.4) is 0 Å². The molecule has 130 valence electrons. The van der Waals surface area contributed by atoms with Crippen LogP contribution in [-0.4, -0.2) is 33.2 Å². The van der Waals surface area contributed by atoms with Crippen LogP contribution >= 0.6 is 0 Å². The average Bonchev–Trinajstić information content (AvgIpc) is 2.64. The number of nitrogens with zero attached hydrogens (tertiary/aromatic N) is 3. The molecule has 0 aliphatic heterocycles. The summed E-state index contributed by atoms with van der Waals surface area (Å²) in [4.78, 5) is 19.4. The molecule has 3 rings (SSSR count). The third-order valence-corrected chi connectivity index (χ3v) is 4.59. The van der Waals surface area contributed by atoms with E-state index in [9.17, 15) is 9.90 Å². The summed E-state index contributed by atoms with van der Waals surface area (Å²) in [5.74, 6) is 0.713. The third kappa shape index (κ3) is 3.62. The molecule has 0 saturated carbocycles. The maximum absolute atomic E-state index is 12.6. The Balaban J connectivity index is 1.94. The summed E-state index contributed by atoms with van der Waals surface area (Å²) in [6, 6.07) is 17.6. The monoisotopic (exact) mass is 337 g/mol. The molecule has 1 atom stereocenters. The highest BCUT2D eigenvalue weighted by Gasteiger charge is 2.19. The molecule has 0 radical (unpaired) electrons. The van der Waals surface area contributed by atoms with Crippen LogP contribution in [0.25, 0.3) is 10.9 Å². The summed E-state index contributed by atoms with van der Waals surface area (Å²) < 4.78 is 1.61. The van der Waals surface area contributed by atoms with E-state index in [1.165, 1.54) is 0 Å². The Kier molecular flexibility index (Phi) is 5.26. The molecule has 0 amide bonds. The Morgan fingerprint density at radius 1 is 1.12 bits per heavy atom. The van der Waals surface area contributed by atoms with Crippen molar-refractivity contribution >= 4 is 10.9 Å². The van der Waals surface area contributed by atoms with Crippen molar-refractivity contribution in [2.75, 3.05) is 13.7 Å². The minimum atomic E-state index is -0.0348. The van der Waals surface area contributed by atoms with Gasteiger partial charge in [-0.3, -0.25) is 14.3 Å². The lowest BCUT2D eigenvalue weighted by molar-refractivity contribution is 0.175. The number of hydrogen-bond acceptors (Lipinski definition) is 4. The first-order valence-corrected chi connectivity index (χ1v) is 8.42. The van der Waals surface area contributed by atoms with Crippen LogP contribution in [0.4, 0.5) is 0 Å². The van der Waals surface area contributed by atoms with E-state index >= 15 is 0 Å². The Bertz CT molecular complexity index is 906. The maximum atomic E-state index is 12.6. The summed E-state index contributed by atoms with van der Waals surface area (Å²) in [6.45, 7) is 0.629. The van der Waals surface area contributed by atoms with E-state index in [0.29, 0.717) is 29.7 Å². The van der Waals surface area contributed by atoms with Gasteiger partial charge in [0.25, 0.3) is 5.56 Å². The fraction of sp³-hybridized carbons (Fsp3) is 0.300. The van der Waals surface area contributed by atoms with Gasteiger partial charge in [-0.1, -0.05) is 42.5 Å². The molecule has 1 N–H and O–H groups in total. The van der Waals surface area contributed by atoms with Crippen LogP contribution < -0.4 is 5.56 Å². The Morgan fingerprint density at radius 2 is 1.80 bits per heavy atom. The van der Waals surface area contributed by atoms with Gasteiger partial charge in [0.15, 0.2) is 0 Å². The van der Waals surface area contributed by atoms with Crippen molar-refractivity contribution in [1.82, 2.24) is 14.5 Å². The molecule has 1 unspecified atom stereocenters. The van der Waals surface area contributed by atoms with Crippen molar-refractivity contribution in [1.29, 1.82) is 0 Å². The molecular weight excluding hydrogens is 314 g/mol. The molecule has 0 bridgehead atoms. The van der Waals surface area contributed by atoms with E-state index in [1.54, 1.807) is 17.7 Å². The van der Waals surface area contributed by atoms with E-state index in [4.69, 9.17) is 0 Å². The summed E-state index contributed by atoms with van der Waals surface area (Å²) in [5.41, 5.74) is 1.82. The predicted octanol–water partition coefficient (Wildman–Crippen LogP) is 2.49. The van der Waals surface area contributed by atoms with Crippen molar-refractivity contribution in [2.24, 2.45) is 7.05 Å². The quantitative estimate of drug-likeness (QED) is 0.751. The van der Waals surface area contributed by atoms with Crippen LogP contribution in [0.1, 0.15) is 23.9 Å². The third-order valence-electron chi connectivity index (χ3n) is 4.59. The fourth-order valence-corrected chi connectivity index (χ4v) is 3.18. The zero-order chi connectivity index (χ0) is 17.8. The molecular formula is C20H23N3O2. The van der Waals surface area contributed by atoms with Crippen LogP contribution in [-0.2, 0) is 13.6 Å². The standard InChI is InChI=1S/C20H23N3O2/c1-22(18(12-13-24)15-8-4-3-5-9-15)14-19-21-17-11-7-6-10-16(17)20(25)23(19)2/h3-11,18,24H,12-14H2,1-2H3. The SMILES string of the molecule is CN(Cc1nc2ccccc2c(=O)n1C)C(CCO)c1ccccc1. The van der Waals surface area contributed by atoms with Crippen molar-refractivity contribution in [3.63, 3.8) is 0 Å². The lowest BCUT2D eigenvalue weighted by atomic mass is 10.0. The molecule has 1 aromatic heterocycles. The lowest BCUT2D eigenvalue weighted by Crippen LogP contribution is -2.30. The molecule has 0 spiro atoms. The Hall–Kier alpha value is -2.50. The predicted molar refractivity (Wildman–Crippen MR) is 99.3 cm³/mol. The second-order valence-electron chi connectivity index (χ2n) is 6.26. The highest BCUT2D eigenvalue weighted by atomic mass is 16.3. The molecule has 5 nitrogen and oxygen atoms in total. The molecule has 1 heterocycles. The number of rotatable bonds is 6. The van der Waals surface area contributed by atoms with Crippen molar-refractivity contribution in [3.8, 4) is 0 Å². The zero-order valence-electron chi connectivity index (χ0n) is 14.6. The fourth-order valence-electron chi connectivity index (χ4n) is 3.18. The first-order chi connectivity index (χ1) is 12.1. The lowest BCUT2D eigenvalue weighted by Gasteiger charge is -2.28. The van der Waals surface area contributed by atoms with Gasteiger partial charge in [-0.25, -0.2) is 4.98 Å². The van der Waals surface area contributed by atoms with Gasteiger partial charge in [0.2, 0.25) is 0 Å². The number of aromatic nitrogens is 2. The highest BCUT2D eigenvalue weighted by molar-refractivity contribution is 5.77. The second kappa shape index (κ2) is 7.59. The van der Waals surface area contributed by atoms with Gasteiger partial charge in [-0.05, 0) is 31.2 Å². The number of aliphatic hydroxyl groups excluding tert-OH is 1. The Morgan fingerprint density at radius 3 is 2.52 bits per heavy atom. The highest BCUT2D eigenvalue weighted by Crippen LogP contribution is 2.24. The smallest absolute Gasteiger partial charge is 0.261 e. The summed E-state index contributed by atoms with van der Waals surface area (Å²) in [7, 11) is 3.75. The second-order valence-corrected chi connectivity index (χ2v) is 6.26. The minimum Gasteiger partial charge on any atom is -0.396 e. The summed E-state index contributed by atoms with van der Waals surface area (Å²) >= 11 is 0. The number of benzene rings is 2. The topological polar surface area (TPSA) is 58.4 Å². The molecule has 2 aromatic carbocycles. The van der Waals surface area contributed by atoms with Crippen LogP contribution in [0.2, 0.25) is 0 Å². The summed E-state index contributed by atoms with van der Waals surface area (Å²) in [6.07, 6.45) is 0.627. The van der Waals surface area contributed by atoms with Crippen molar-refractivity contribution < 1.29 is 5.11 Å². The minimum absolute atomic E-state index is 0.0348. The van der Waals surface area contributed by atoms with E-state index in [2.05, 4.69) is 22.0 Å². The number of para-hydroxylation sites is 1. The van der Waals surface area contributed by atoms with Gasteiger partial charge in [-0.2, -0.15) is 0 Å². The first kappa shape index (κ1) is 17.3. The molecule has 0 aliphatic rings. The largest absolute Gasteiger partial charge is 0.396 e. The molecule has 5 heteroatoms. The van der Waals surface area contributed by atoms with Gasteiger partial charge in [0.05, 0.1) is 17.4 Å². The zero-order valence-corrected chi connectivity index (χ0v) is 14.6. The van der Waals surface area contributed by atoms with Gasteiger partial charge in [0.1, 0.15) is 5.82 Å². The van der Waals surface area contributed by atoms with Crippen molar-refractivity contribution in [2.45, 2.75) is 19.0 Å². The van der Waals surface area contributed by atoms with Crippen molar-refractivity contribution in [3.05, 3.63) is 76.3 Å². The molecule has 25 heavy (non-hydrogen) atoms. The number of hydrogen-bond donors (Lipinski definition) is 1. The molecule has 0 saturated heterocycles. The molecule has 0 aliphatic carbocycles. The van der Waals surface area contributed by atoms with Gasteiger partial charge >= 0.3 is 0 Å². The summed E-state index contributed by atoms with van der Waals surface area (Å²) in [5, 5.41) is 10.1. The number of fused-ring (bicyclic) bond motifs is 1. The van der Waals surface area contributed by atoms with Gasteiger partial charge in [-0.15, -0.1) is 0 Å². The number of aliphatic hydroxyl groups is 1. The van der Waals surface area contributed by atoms with Gasteiger partial charge < -0.3 is 5.11 Å². The average molecular weight is 337 g/mol. The van der Waals surface area contributed by atoms with E-state index in [1.807, 2.05) is 43.4 Å².